The maximum absolute atomic E-state index is 12.7. The molecule has 0 saturated carbocycles. The molecule has 10 N–H and O–H groups in total. The molecular weight excluding hydrogens is 426 g/mol. The van der Waals surface area contributed by atoms with Gasteiger partial charge in [0.1, 0.15) is 24.2 Å². The summed E-state index contributed by atoms with van der Waals surface area (Å²) in [5, 5.41) is 34.3. The number of hydrogen-bond donors (Lipinski definition) is 8. The summed E-state index contributed by atoms with van der Waals surface area (Å²) in [6.45, 7) is 2.95. The summed E-state index contributed by atoms with van der Waals surface area (Å²) < 4.78 is 0. The lowest BCUT2D eigenvalue weighted by Gasteiger charge is -2.27. The maximum Gasteiger partial charge on any atom is 0.326 e. The molecule has 0 saturated heterocycles. The van der Waals surface area contributed by atoms with E-state index in [4.69, 9.17) is 21.7 Å². The molecule has 0 aromatic rings. The molecule has 0 aromatic carbocycles. The lowest BCUT2D eigenvalue weighted by molar-refractivity contribution is -0.142. The van der Waals surface area contributed by atoms with Crippen molar-refractivity contribution >= 4 is 29.7 Å². The Bertz CT molecular complexity index is 658. The van der Waals surface area contributed by atoms with Crippen molar-refractivity contribution < 1.29 is 39.3 Å². The van der Waals surface area contributed by atoms with Crippen molar-refractivity contribution in [2.45, 2.75) is 70.1 Å². The summed E-state index contributed by atoms with van der Waals surface area (Å²) in [4.78, 5) is 59.7. The number of aliphatic hydroxyl groups excluding tert-OH is 1. The van der Waals surface area contributed by atoms with Crippen molar-refractivity contribution in [3.05, 3.63) is 0 Å². The first-order valence-corrected chi connectivity index (χ1v) is 10.4. The van der Waals surface area contributed by atoms with Crippen LogP contribution in [0.3, 0.4) is 0 Å². The van der Waals surface area contributed by atoms with Crippen LogP contribution in [0.2, 0.25) is 0 Å². The fourth-order valence-electron chi connectivity index (χ4n) is 2.70. The Labute approximate surface area is 186 Å². The number of amides is 3. The second kappa shape index (κ2) is 15.1. The van der Waals surface area contributed by atoms with Crippen molar-refractivity contribution in [1.29, 1.82) is 0 Å². The van der Waals surface area contributed by atoms with Gasteiger partial charge in [-0.1, -0.05) is 13.8 Å². The van der Waals surface area contributed by atoms with Gasteiger partial charge in [0.15, 0.2) is 0 Å². The second-order valence-corrected chi connectivity index (χ2v) is 7.70. The van der Waals surface area contributed by atoms with Crippen LogP contribution in [-0.2, 0) is 24.0 Å². The molecule has 13 nitrogen and oxygen atoms in total. The van der Waals surface area contributed by atoms with Gasteiger partial charge >= 0.3 is 11.9 Å². The van der Waals surface area contributed by atoms with Crippen molar-refractivity contribution in [2.24, 2.45) is 17.4 Å². The standard InChI is InChI=1S/C19H35N5O8/c1-10(2)15(18(30)23-13(19(31)32)5-3-4-8-20)24-17(29)12(6-7-14(26)27)22-16(28)11(21)9-25/h10-13,15,25H,3-9,20-21H2,1-2H3,(H,22,28)(H,23,30)(H,24,29)(H,26,27)(H,31,32)/t11-,12-,13-,15-/m0/s1. The molecule has 3 amide bonds. The molecule has 0 rings (SSSR count). The van der Waals surface area contributed by atoms with E-state index < -0.39 is 72.8 Å². The van der Waals surface area contributed by atoms with E-state index in [1.807, 2.05) is 0 Å². The predicted molar refractivity (Wildman–Crippen MR) is 113 cm³/mol. The van der Waals surface area contributed by atoms with Gasteiger partial charge in [-0.05, 0) is 38.1 Å². The number of carboxylic acid groups (broad SMARTS) is 2. The fraction of sp³-hybridized carbons (Fsp3) is 0.737. The van der Waals surface area contributed by atoms with Crippen molar-refractivity contribution in [2.75, 3.05) is 13.2 Å². The zero-order valence-corrected chi connectivity index (χ0v) is 18.4. The smallest absolute Gasteiger partial charge is 0.326 e. The van der Waals surface area contributed by atoms with Crippen LogP contribution in [0, 0.1) is 5.92 Å². The van der Waals surface area contributed by atoms with E-state index in [2.05, 4.69) is 16.0 Å². The summed E-state index contributed by atoms with van der Waals surface area (Å²) in [5.74, 6) is -5.32. The molecule has 184 valence electrons. The first-order valence-electron chi connectivity index (χ1n) is 10.4. The molecule has 13 heteroatoms. The number of hydrogen-bond acceptors (Lipinski definition) is 8. The Hall–Kier alpha value is -2.77. The van der Waals surface area contributed by atoms with E-state index in [0.717, 1.165) is 0 Å². The first kappa shape index (κ1) is 29.2. The van der Waals surface area contributed by atoms with Crippen LogP contribution in [0.25, 0.3) is 0 Å². The number of aliphatic carboxylic acids is 2. The third-order valence-corrected chi connectivity index (χ3v) is 4.62. The van der Waals surface area contributed by atoms with E-state index in [9.17, 15) is 29.1 Å². The topological polar surface area (TPSA) is 234 Å². The van der Waals surface area contributed by atoms with Crippen molar-refractivity contribution in [3.8, 4) is 0 Å². The van der Waals surface area contributed by atoms with Crippen LogP contribution in [0.5, 0.6) is 0 Å². The predicted octanol–water partition coefficient (Wildman–Crippen LogP) is -2.51. The van der Waals surface area contributed by atoms with E-state index in [1.165, 1.54) is 0 Å². The van der Waals surface area contributed by atoms with Gasteiger partial charge in [-0.15, -0.1) is 0 Å². The molecule has 0 heterocycles. The van der Waals surface area contributed by atoms with Crippen LogP contribution in [-0.4, -0.2) is 82.3 Å². The Kier molecular flexibility index (Phi) is 13.8. The Morgan fingerprint density at radius 2 is 1.44 bits per heavy atom. The summed E-state index contributed by atoms with van der Waals surface area (Å²) >= 11 is 0. The highest BCUT2D eigenvalue weighted by molar-refractivity contribution is 5.94. The number of carboxylic acids is 2. The monoisotopic (exact) mass is 461 g/mol. The molecule has 4 atom stereocenters. The highest BCUT2D eigenvalue weighted by Crippen LogP contribution is 2.08. The minimum Gasteiger partial charge on any atom is -0.481 e. The summed E-state index contributed by atoms with van der Waals surface area (Å²) in [6.07, 6.45) is 0.501. The molecule has 0 fully saturated rings. The number of carbonyl (C=O) groups is 5. The Balaban J connectivity index is 5.36. The molecule has 0 aromatic heterocycles. The zero-order chi connectivity index (χ0) is 24.8. The van der Waals surface area contributed by atoms with Gasteiger partial charge in [0.2, 0.25) is 17.7 Å². The van der Waals surface area contributed by atoms with Gasteiger partial charge in [0, 0.05) is 6.42 Å². The van der Waals surface area contributed by atoms with Crippen molar-refractivity contribution in [1.82, 2.24) is 16.0 Å². The van der Waals surface area contributed by atoms with Crippen LogP contribution in [0.15, 0.2) is 0 Å². The molecule has 0 bridgehead atoms. The fourth-order valence-corrected chi connectivity index (χ4v) is 2.70. The Morgan fingerprint density at radius 1 is 0.844 bits per heavy atom. The van der Waals surface area contributed by atoms with Gasteiger partial charge in [0.05, 0.1) is 6.61 Å². The molecule has 0 aliphatic carbocycles. The van der Waals surface area contributed by atoms with Crippen molar-refractivity contribution in [3.63, 3.8) is 0 Å². The lowest BCUT2D eigenvalue weighted by Crippen LogP contribution is -2.58. The molecule has 32 heavy (non-hydrogen) atoms. The van der Waals surface area contributed by atoms with Gasteiger partial charge in [-0.3, -0.25) is 19.2 Å². The van der Waals surface area contributed by atoms with Gasteiger partial charge in [-0.25, -0.2) is 4.79 Å². The largest absolute Gasteiger partial charge is 0.481 e. The zero-order valence-electron chi connectivity index (χ0n) is 18.4. The van der Waals surface area contributed by atoms with E-state index in [-0.39, 0.29) is 12.8 Å². The molecule has 0 spiro atoms. The maximum atomic E-state index is 12.7. The normalized spacial score (nSPS) is 14.7. The number of aliphatic hydroxyl groups is 1. The number of carbonyl (C=O) groups excluding carboxylic acids is 3. The Morgan fingerprint density at radius 3 is 1.91 bits per heavy atom. The summed E-state index contributed by atoms with van der Waals surface area (Å²) in [6, 6.07) is -4.96. The molecule has 0 radical (unpaired) electrons. The van der Waals surface area contributed by atoms with Crippen LogP contribution in [0.1, 0.15) is 46.0 Å². The molecule has 0 aliphatic rings. The number of rotatable bonds is 16. The molecular formula is C19H35N5O8. The van der Waals surface area contributed by atoms with E-state index in [1.54, 1.807) is 13.8 Å². The first-order chi connectivity index (χ1) is 14.9. The third-order valence-electron chi connectivity index (χ3n) is 4.62. The number of unbranched alkanes of at least 4 members (excludes halogenated alkanes) is 1. The second-order valence-electron chi connectivity index (χ2n) is 7.70. The SMILES string of the molecule is CC(C)[C@H](NC(=O)[C@H](CCC(=O)O)NC(=O)[C@@H](N)CO)C(=O)N[C@@H](CCCCN)C(=O)O. The van der Waals surface area contributed by atoms with Gasteiger partial charge in [-0.2, -0.15) is 0 Å². The highest BCUT2D eigenvalue weighted by Gasteiger charge is 2.31. The quantitative estimate of drug-likeness (QED) is 0.112. The minimum atomic E-state index is -1.33. The van der Waals surface area contributed by atoms with E-state index in [0.29, 0.717) is 19.4 Å². The molecule has 0 unspecified atom stereocenters. The lowest BCUT2D eigenvalue weighted by atomic mass is 10.0. The minimum absolute atomic E-state index is 0.160. The van der Waals surface area contributed by atoms with Crippen LogP contribution >= 0.6 is 0 Å². The average molecular weight is 462 g/mol. The van der Waals surface area contributed by atoms with Crippen LogP contribution in [0.4, 0.5) is 0 Å². The average Bonchev–Trinajstić information content (AvgIpc) is 2.72. The third kappa shape index (κ3) is 11.0. The van der Waals surface area contributed by atoms with Gasteiger partial charge in [0.25, 0.3) is 0 Å². The number of nitrogens with one attached hydrogen (secondary N) is 3. The summed E-state index contributed by atoms with van der Waals surface area (Å²) in [5.41, 5.74) is 10.8. The molecule has 0 aliphatic heterocycles. The summed E-state index contributed by atoms with van der Waals surface area (Å²) in [7, 11) is 0. The van der Waals surface area contributed by atoms with Crippen LogP contribution < -0.4 is 27.4 Å². The van der Waals surface area contributed by atoms with Gasteiger partial charge < -0.3 is 42.7 Å². The highest BCUT2D eigenvalue weighted by atomic mass is 16.4. The van der Waals surface area contributed by atoms with E-state index >= 15 is 0 Å². The number of nitrogens with two attached hydrogens (primary N) is 2.